The number of hydrogen-bond acceptors (Lipinski definition) is 3. The van der Waals surface area contributed by atoms with Gasteiger partial charge in [-0.05, 0) is 50.8 Å². The van der Waals surface area contributed by atoms with Crippen molar-refractivity contribution in [3.05, 3.63) is 34.4 Å². The van der Waals surface area contributed by atoms with Gasteiger partial charge < -0.3 is 9.84 Å². The number of ether oxygens (including phenoxy) is 1. The summed E-state index contributed by atoms with van der Waals surface area (Å²) in [6.07, 6.45) is 0.534. The molecule has 1 rings (SSSR count). The summed E-state index contributed by atoms with van der Waals surface area (Å²) in [5.41, 5.74) is 2.77. The highest BCUT2D eigenvalue weighted by Crippen LogP contribution is 2.36. The molecule has 0 aromatic heterocycles. The molecule has 0 spiro atoms. The van der Waals surface area contributed by atoms with Crippen molar-refractivity contribution in [3.63, 3.8) is 0 Å². The highest BCUT2D eigenvalue weighted by atomic mass is 16.5. The summed E-state index contributed by atoms with van der Waals surface area (Å²) < 4.78 is 4.82. The number of aliphatic hydroxyl groups is 1. The standard InChI is InChI=1S/C16H24O3/c1-7-13(15(17)19-6)16(5,18)14-11(3)8-10(2)9-12(14)4/h8-9,13,18H,7H2,1-6H3. The second-order valence-electron chi connectivity index (χ2n) is 5.41. The third-order valence-corrected chi connectivity index (χ3v) is 3.76. The van der Waals surface area contributed by atoms with Crippen LogP contribution in [-0.2, 0) is 15.1 Å². The van der Waals surface area contributed by atoms with Crippen molar-refractivity contribution in [1.29, 1.82) is 0 Å². The topological polar surface area (TPSA) is 46.5 Å². The van der Waals surface area contributed by atoms with Gasteiger partial charge in [-0.15, -0.1) is 0 Å². The van der Waals surface area contributed by atoms with E-state index in [1.165, 1.54) is 7.11 Å². The number of rotatable bonds is 4. The van der Waals surface area contributed by atoms with Crippen molar-refractivity contribution >= 4 is 5.97 Å². The van der Waals surface area contributed by atoms with Crippen molar-refractivity contribution in [2.75, 3.05) is 7.11 Å². The molecule has 1 N–H and O–H groups in total. The SMILES string of the molecule is CCC(C(=O)OC)C(C)(O)c1c(C)cc(C)cc1C. The van der Waals surface area contributed by atoms with Crippen molar-refractivity contribution in [2.24, 2.45) is 5.92 Å². The minimum atomic E-state index is -1.22. The largest absolute Gasteiger partial charge is 0.469 e. The van der Waals surface area contributed by atoms with Crippen LogP contribution in [0.4, 0.5) is 0 Å². The van der Waals surface area contributed by atoms with Crippen molar-refractivity contribution in [3.8, 4) is 0 Å². The van der Waals surface area contributed by atoms with E-state index in [-0.39, 0.29) is 5.97 Å². The quantitative estimate of drug-likeness (QED) is 0.850. The van der Waals surface area contributed by atoms with E-state index in [0.29, 0.717) is 6.42 Å². The fourth-order valence-corrected chi connectivity index (χ4v) is 3.09. The fraction of sp³-hybridized carbons (Fsp3) is 0.562. The molecule has 106 valence electrons. The summed E-state index contributed by atoms with van der Waals surface area (Å²) in [5.74, 6) is -0.926. The van der Waals surface area contributed by atoms with Gasteiger partial charge in [0.05, 0.1) is 13.0 Å². The lowest BCUT2D eigenvalue weighted by Gasteiger charge is -2.33. The molecule has 0 radical (unpaired) electrons. The fourth-order valence-electron chi connectivity index (χ4n) is 3.09. The van der Waals surface area contributed by atoms with Gasteiger partial charge in [-0.1, -0.05) is 24.6 Å². The van der Waals surface area contributed by atoms with E-state index < -0.39 is 11.5 Å². The Balaban J connectivity index is 3.37. The van der Waals surface area contributed by atoms with Gasteiger partial charge in [0.2, 0.25) is 0 Å². The van der Waals surface area contributed by atoms with Gasteiger partial charge in [0, 0.05) is 0 Å². The Labute approximate surface area is 115 Å². The van der Waals surface area contributed by atoms with Crippen molar-refractivity contribution in [2.45, 2.75) is 46.6 Å². The van der Waals surface area contributed by atoms with Crippen LogP contribution in [0.3, 0.4) is 0 Å². The molecule has 2 atom stereocenters. The number of carbonyl (C=O) groups is 1. The third kappa shape index (κ3) is 2.98. The Morgan fingerprint density at radius 2 is 1.79 bits per heavy atom. The zero-order valence-corrected chi connectivity index (χ0v) is 12.7. The molecular weight excluding hydrogens is 240 g/mol. The number of esters is 1. The average Bonchev–Trinajstić information content (AvgIpc) is 2.27. The number of carbonyl (C=O) groups excluding carboxylic acids is 1. The summed E-state index contributed by atoms with van der Waals surface area (Å²) in [4.78, 5) is 11.9. The molecular formula is C16H24O3. The minimum Gasteiger partial charge on any atom is -0.469 e. The zero-order chi connectivity index (χ0) is 14.8. The molecule has 19 heavy (non-hydrogen) atoms. The van der Waals surface area contributed by atoms with Gasteiger partial charge in [-0.3, -0.25) is 4.79 Å². The summed E-state index contributed by atoms with van der Waals surface area (Å²) in [6.45, 7) is 9.54. The van der Waals surface area contributed by atoms with Crippen LogP contribution in [0.2, 0.25) is 0 Å². The van der Waals surface area contributed by atoms with Gasteiger partial charge >= 0.3 is 5.97 Å². The lowest BCUT2D eigenvalue weighted by atomic mass is 9.77. The normalized spacial score (nSPS) is 15.7. The monoisotopic (exact) mass is 264 g/mol. The van der Waals surface area contributed by atoms with Crippen LogP contribution >= 0.6 is 0 Å². The van der Waals surface area contributed by atoms with Crippen LogP contribution in [-0.4, -0.2) is 18.2 Å². The number of hydrogen-bond donors (Lipinski definition) is 1. The van der Waals surface area contributed by atoms with E-state index in [4.69, 9.17) is 4.74 Å². The van der Waals surface area contributed by atoms with Gasteiger partial charge in [0.15, 0.2) is 0 Å². The smallest absolute Gasteiger partial charge is 0.311 e. The first-order valence-electron chi connectivity index (χ1n) is 6.64. The average molecular weight is 264 g/mol. The molecule has 0 aliphatic rings. The Morgan fingerprint density at radius 1 is 1.32 bits per heavy atom. The molecule has 1 aromatic carbocycles. The summed E-state index contributed by atoms with van der Waals surface area (Å²) in [5, 5.41) is 10.9. The molecule has 0 amide bonds. The van der Waals surface area contributed by atoms with Gasteiger partial charge in [0.1, 0.15) is 5.60 Å². The zero-order valence-electron chi connectivity index (χ0n) is 12.7. The van der Waals surface area contributed by atoms with Gasteiger partial charge in [-0.2, -0.15) is 0 Å². The van der Waals surface area contributed by atoms with Gasteiger partial charge in [0.25, 0.3) is 0 Å². The molecule has 0 saturated heterocycles. The first kappa shape index (κ1) is 15.7. The van der Waals surface area contributed by atoms with Crippen LogP contribution in [0, 0.1) is 26.7 Å². The summed E-state index contributed by atoms with van der Waals surface area (Å²) >= 11 is 0. The lowest BCUT2D eigenvalue weighted by Crippen LogP contribution is -2.38. The van der Waals surface area contributed by atoms with Crippen LogP contribution in [0.15, 0.2) is 12.1 Å². The first-order chi connectivity index (χ1) is 8.75. The van der Waals surface area contributed by atoms with Crippen molar-refractivity contribution in [1.82, 2.24) is 0 Å². The number of methoxy groups -OCH3 is 1. The number of aryl methyl sites for hydroxylation is 3. The maximum Gasteiger partial charge on any atom is 0.311 e. The Bertz CT molecular complexity index is 452. The van der Waals surface area contributed by atoms with Crippen LogP contribution in [0.5, 0.6) is 0 Å². The second kappa shape index (κ2) is 5.74. The maximum absolute atomic E-state index is 11.9. The van der Waals surface area contributed by atoms with E-state index in [9.17, 15) is 9.90 Å². The second-order valence-corrected chi connectivity index (χ2v) is 5.41. The molecule has 2 unspecified atom stereocenters. The summed E-state index contributed by atoms with van der Waals surface area (Å²) in [6, 6.07) is 4.06. The Hall–Kier alpha value is -1.35. The molecule has 3 heteroatoms. The predicted molar refractivity (Wildman–Crippen MR) is 76.0 cm³/mol. The molecule has 0 aliphatic heterocycles. The minimum absolute atomic E-state index is 0.369. The Morgan fingerprint density at radius 3 is 2.16 bits per heavy atom. The maximum atomic E-state index is 11.9. The Kier molecular flexibility index (Phi) is 4.75. The van der Waals surface area contributed by atoms with E-state index in [1.54, 1.807) is 6.92 Å². The first-order valence-corrected chi connectivity index (χ1v) is 6.64. The molecule has 0 heterocycles. The predicted octanol–water partition coefficient (Wildman–Crippen LogP) is 3.02. The van der Waals surface area contributed by atoms with E-state index in [1.807, 2.05) is 39.8 Å². The molecule has 0 aliphatic carbocycles. The molecule has 0 fully saturated rings. The van der Waals surface area contributed by atoms with E-state index in [0.717, 1.165) is 22.3 Å². The molecule has 0 bridgehead atoms. The third-order valence-electron chi connectivity index (χ3n) is 3.76. The highest BCUT2D eigenvalue weighted by Gasteiger charge is 2.40. The molecule has 3 nitrogen and oxygen atoms in total. The van der Waals surface area contributed by atoms with Gasteiger partial charge in [-0.25, -0.2) is 0 Å². The van der Waals surface area contributed by atoms with E-state index in [2.05, 4.69) is 0 Å². The van der Waals surface area contributed by atoms with Crippen LogP contribution in [0.1, 0.15) is 42.5 Å². The highest BCUT2D eigenvalue weighted by molar-refractivity contribution is 5.74. The lowest BCUT2D eigenvalue weighted by molar-refractivity contribution is -0.155. The molecule has 1 aromatic rings. The summed E-state index contributed by atoms with van der Waals surface area (Å²) in [7, 11) is 1.36. The van der Waals surface area contributed by atoms with Crippen LogP contribution in [0.25, 0.3) is 0 Å². The van der Waals surface area contributed by atoms with E-state index >= 15 is 0 Å². The van der Waals surface area contributed by atoms with Crippen LogP contribution < -0.4 is 0 Å². The molecule has 0 saturated carbocycles. The number of benzene rings is 1. The van der Waals surface area contributed by atoms with Crippen molar-refractivity contribution < 1.29 is 14.6 Å².